The Bertz CT molecular complexity index is 578. The van der Waals surface area contributed by atoms with E-state index in [9.17, 15) is 5.11 Å². The second kappa shape index (κ2) is 9.82. The molecule has 5 heteroatoms. The first-order valence-electron chi connectivity index (χ1n) is 7.74. The third-order valence-corrected chi connectivity index (χ3v) is 3.54. The summed E-state index contributed by atoms with van der Waals surface area (Å²) in [6.45, 7) is 0.169. The molecule has 2 aromatic carbocycles. The molecule has 0 spiro atoms. The van der Waals surface area contributed by atoms with Crippen LogP contribution >= 0.6 is 0 Å². The van der Waals surface area contributed by atoms with Gasteiger partial charge in [0.1, 0.15) is 0 Å². The fourth-order valence-corrected chi connectivity index (χ4v) is 2.22. The molecule has 119 valence electrons. The third-order valence-electron chi connectivity index (χ3n) is 3.54. The number of nitrogens with two attached hydrogens (primary N) is 1. The van der Waals surface area contributed by atoms with Gasteiger partial charge in [-0.3, -0.25) is 4.99 Å². The van der Waals surface area contributed by atoms with Gasteiger partial charge >= 0.3 is 7.48 Å². The van der Waals surface area contributed by atoms with E-state index in [4.69, 9.17) is 10.4 Å². The molecular formula is C18H22BN2O2. The van der Waals surface area contributed by atoms with E-state index in [1.54, 1.807) is 7.48 Å². The van der Waals surface area contributed by atoms with Crippen LogP contribution in [0.3, 0.4) is 0 Å². The number of aliphatic imine (C=N–C) groups is 1. The highest BCUT2D eigenvalue weighted by molar-refractivity contribution is 6.29. The summed E-state index contributed by atoms with van der Waals surface area (Å²) >= 11 is 0. The smallest absolute Gasteiger partial charge is 0.375 e. The van der Waals surface area contributed by atoms with Crippen LogP contribution in [-0.4, -0.2) is 37.7 Å². The Balaban J connectivity index is 1.82. The van der Waals surface area contributed by atoms with Crippen molar-refractivity contribution < 1.29 is 9.76 Å². The standard InChI is InChI=1S/C18H22BN2O2/c20-13-18(22)17(11-15-7-3-1-4-8-15)21-14-23-19-12-16-9-5-2-6-10-16/h1-10,14,17-18,22H,11-13,20H2. The normalized spacial score (nSPS) is 13.7. The molecular weight excluding hydrogens is 287 g/mol. The van der Waals surface area contributed by atoms with Gasteiger partial charge in [-0.2, -0.15) is 0 Å². The molecule has 2 atom stereocenters. The van der Waals surface area contributed by atoms with E-state index >= 15 is 0 Å². The molecule has 4 nitrogen and oxygen atoms in total. The number of benzene rings is 2. The van der Waals surface area contributed by atoms with Gasteiger partial charge in [0, 0.05) is 6.54 Å². The number of aliphatic hydroxyl groups is 1. The summed E-state index contributed by atoms with van der Waals surface area (Å²) in [4.78, 5) is 4.31. The number of nitrogens with zero attached hydrogens (tertiary/aromatic N) is 1. The van der Waals surface area contributed by atoms with Gasteiger partial charge in [0.05, 0.1) is 12.1 Å². The minimum absolute atomic E-state index is 0.169. The molecule has 0 fully saturated rings. The highest BCUT2D eigenvalue weighted by atomic mass is 16.4. The minimum Gasteiger partial charge on any atom is -0.555 e. The van der Waals surface area contributed by atoms with Crippen LogP contribution in [0.15, 0.2) is 65.7 Å². The van der Waals surface area contributed by atoms with Crippen LogP contribution in [0.1, 0.15) is 11.1 Å². The van der Waals surface area contributed by atoms with Gasteiger partial charge in [0.25, 0.3) is 0 Å². The molecule has 0 aliphatic carbocycles. The number of aliphatic hydroxyl groups excluding tert-OH is 1. The summed E-state index contributed by atoms with van der Waals surface area (Å²) in [6.07, 6.45) is 2.02. The van der Waals surface area contributed by atoms with Gasteiger partial charge in [0.15, 0.2) is 6.40 Å². The highest BCUT2D eigenvalue weighted by Gasteiger charge is 2.16. The van der Waals surface area contributed by atoms with E-state index < -0.39 is 6.10 Å². The monoisotopic (exact) mass is 309 g/mol. The van der Waals surface area contributed by atoms with E-state index in [0.717, 1.165) is 5.56 Å². The molecule has 0 saturated heterocycles. The van der Waals surface area contributed by atoms with Gasteiger partial charge < -0.3 is 15.5 Å². The Morgan fingerprint density at radius 1 is 1.04 bits per heavy atom. The molecule has 0 heterocycles. The van der Waals surface area contributed by atoms with Crippen LogP contribution in [0.25, 0.3) is 0 Å². The Morgan fingerprint density at radius 3 is 2.26 bits per heavy atom. The van der Waals surface area contributed by atoms with Crippen molar-refractivity contribution >= 4 is 13.9 Å². The second-order valence-corrected chi connectivity index (χ2v) is 5.31. The maximum absolute atomic E-state index is 10.0. The van der Waals surface area contributed by atoms with Gasteiger partial charge in [-0.05, 0) is 18.3 Å². The van der Waals surface area contributed by atoms with Crippen molar-refractivity contribution in [1.29, 1.82) is 0 Å². The maximum Gasteiger partial charge on any atom is 0.375 e. The molecule has 0 aliphatic heterocycles. The fraction of sp³-hybridized carbons (Fsp3) is 0.278. The Labute approximate surface area is 138 Å². The Morgan fingerprint density at radius 2 is 1.65 bits per heavy atom. The summed E-state index contributed by atoms with van der Waals surface area (Å²) in [5.41, 5.74) is 7.84. The van der Waals surface area contributed by atoms with Crippen LogP contribution in [0.4, 0.5) is 0 Å². The molecule has 0 aromatic heterocycles. The first kappa shape index (κ1) is 17.3. The number of hydrogen-bond acceptors (Lipinski definition) is 4. The first-order chi connectivity index (χ1) is 11.3. The van der Waals surface area contributed by atoms with Crippen LogP contribution in [0.2, 0.25) is 0 Å². The zero-order valence-electron chi connectivity index (χ0n) is 13.1. The SMILES string of the molecule is NCC(O)C(Cc1ccccc1)N=CO[B]Cc1ccccc1. The lowest BCUT2D eigenvalue weighted by Gasteiger charge is -2.17. The van der Waals surface area contributed by atoms with E-state index in [1.807, 2.05) is 60.7 Å². The van der Waals surface area contributed by atoms with Crippen molar-refractivity contribution in [3.05, 3.63) is 71.8 Å². The lowest BCUT2D eigenvalue weighted by Crippen LogP contribution is -2.33. The van der Waals surface area contributed by atoms with Crippen LogP contribution < -0.4 is 5.73 Å². The summed E-state index contributed by atoms with van der Waals surface area (Å²) in [5.74, 6) is 0. The molecule has 0 saturated carbocycles. The summed E-state index contributed by atoms with van der Waals surface area (Å²) in [7, 11) is 1.69. The zero-order chi connectivity index (χ0) is 16.3. The molecule has 23 heavy (non-hydrogen) atoms. The first-order valence-corrected chi connectivity index (χ1v) is 7.74. The van der Waals surface area contributed by atoms with Crippen molar-refractivity contribution in [2.24, 2.45) is 10.7 Å². The largest absolute Gasteiger partial charge is 0.555 e. The fourth-order valence-electron chi connectivity index (χ4n) is 2.22. The number of rotatable bonds is 9. The van der Waals surface area contributed by atoms with Gasteiger partial charge in [0.2, 0.25) is 0 Å². The van der Waals surface area contributed by atoms with Crippen molar-refractivity contribution in [1.82, 2.24) is 0 Å². The average Bonchev–Trinajstić information content (AvgIpc) is 2.61. The minimum atomic E-state index is -0.691. The molecule has 3 N–H and O–H groups in total. The molecule has 2 unspecified atom stereocenters. The molecule has 2 aromatic rings. The van der Waals surface area contributed by atoms with Crippen LogP contribution in [0, 0.1) is 0 Å². The molecule has 0 bridgehead atoms. The molecule has 2 rings (SSSR count). The Kier molecular flexibility index (Phi) is 7.37. The Hall–Kier alpha value is -2.11. The van der Waals surface area contributed by atoms with Gasteiger partial charge in [-0.1, -0.05) is 66.2 Å². The van der Waals surface area contributed by atoms with Gasteiger partial charge in [-0.25, -0.2) is 0 Å². The maximum atomic E-state index is 10.0. The third kappa shape index (κ3) is 6.26. The van der Waals surface area contributed by atoms with Crippen molar-refractivity contribution in [2.75, 3.05) is 6.54 Å². The van der Waals surface area contributed by atoms with Crippen molar-refractivity contribution in [3.63, 3.8) is 0 Å². The summed E-state index contributed by atoms with van der Waals surface area (Å²) in [6, 6.07) is 19.6. The van der Waals surface area contributed by atoms with E-state index in [1.165, 1.54) is 12.0 Å². The zero-order valence-corrected chi connectivity index (χ0v) is 13.1. The highest BCUT2D eigenvalue weighted by Crippen LogP contribution is 2.09. The predicted octanol–water partition coefficient (Wildman–Crippen LogP) is 1.78. The average molecular weight is 309 g/mol. The molecule has 0 aliphatic rings. The summed E-state index contributed by atoms with van der Waals surface area (Å²) in [5, 5.41) is 10.0. The van der Waals surface area contributed by atoms with Gasteiger partial charge in [-0.15, -0.1) is 0 Å². The summed E-state index contributed by atoms with van der Waals surface area (Å²) < 4.78 is 5.33. The second-order valence-electron chi connectivity index (χ2n) is 5.31. The van der Waals surface area contributed by atoms with Crippen molar-refractivity contribution in [3.8, 4) is 0 Å². The predicted molar refractivity (Wildman–Crippen MR) is 94.5 cm³/mol. The van der Waals surface area contributed by atoms with Crippen LogP contribution in [0.5, 0.6) is 0 Å². The van der Waals surface area contributed by atoms with E-state index in [2.05, 4.69) is 4.99 Å². The lowest BCUT2D eigenvalue weighted by atomic mass is 9.90. The molecule has 1 radical (unpaired) electrons. The van der Waals surface area contributed by atoms with E-state index in [-0.39, 0.29) is 12.6 Å². The van der Waals surface area contributed by atoms with Crippen LogP contribution in [-0.2, 0) is 17.4 Å². The lowest BCUT2D eigenvalue weighted by molar-refractivity contribution is 0.152. The quantitative estimate of drug-likeness (QED) is 0.321. The van der Waals surface area contributed by atoms with E-state index in [0.29, 0.717) is 12.7 Å². The van der Waals surface area contributed by atoms with Crippen molar-refractivity contribution in [2.45, 2.75) is 24.9 Å². The number of hydrogen-bond donors (Lipinski definition) is 2. The topological polar surface area (TPSA) is 67.8 Å². The molecule has 0 amide bonds.